The van der Waals surface area contributed by atoms with Crippen molar-refractivity contribution in [3.63, 3.8) is 0 Å². The maximum absolute atomic E-state index is 12.3. The van der Waals surface area contributed by atoms with Gasteiger partial charge in [-0.15, -0.1) is 22.9 Å². The van der Waals surface area contributed by atoms with Gasteiger partial charge in [-0.1, -0.05) is 6.07 Å². The summed E-state index contributed by atoms with van der Waals surface area (Å²) in [6.07, 6.45) is 0. The van der Waals surface area contributed by atoms with E-state index in [9.17, 15) is 14.4 Å². The van der Waals surface area contributed by atoms with Crippen LogP contribution in [0.4, 0.5) is 5.00 Å². The van der Waals surface area contributed by atoms with Gasteiger partial charge in [0.2, 0.25) is 5.91 Å². The molecule has 0 bridgehead atoms. The number of fused-ring (bicyclic) bond motifs is 1. The minimum atomic E-state index is -0.628. The number of carbonyl (C=O) groups is 3. The first-order valence-electron chi connectivity index (χ1n) is 6.85. The number of amides is 1. The first-order chi connectivity index (χ1) is 11.4. The lowest BCUT2D eigenvalue weighted by atomic mass is 10.1. The van der Waals surface area contributed by atoms with Crippen molar-refractivity contribution in [3.8, 4) is 5.75 Å². The summed E-state index contributed by atoms with van der Waals surface area (Å²) < 4.78 is 11.4. The molecule has 128 valence electrons. The lowest BCUT2D eigenvalue weighted by molar-refractivity contribution is -0.131. The summed E-state index contributed by atoms with van der Waals surface area (Å²) >= 11 is 9.91. The van der Waals surface area contributed by atoms with Crippen LogP contribution in [-0.2, 0) is 14.3 Å². The third-order valence-corrected chi connectivity index (χ3v) is 4.82. The van der Waals surface area contributed by atoms with Gasteiger partial charge in [0, 0.05) is 12.3 Å². The van der Waals surface area contributed by atoms with Crippen molar-refractivity contribution < 1.29 is 23.9 Å². The summed E-state index contributed by atoms with van der Waals surface area (Å²) in [5.74, 6) is -1.59. The molecule has 1 amide bonds. The van der Waals surface area contributed by atoms with Crippen LogP contribution in [0, 0.1) is 0 Å². The predicted molar refractivity (Wildman–Crippen MR) is 96.1 cm³/mol. The molecule has 1 N–H and O–H groups in total. The molecule has 2 aromatic rings. The van der Waals surface area contributed by atoms with E-state index in [0.29, 0.717) is 19.6 Å². The molecule has 2 rings (SSSR count). The molecule has 9 heteroatoms. The topological polar surface area (TPSA) is 81.7 Å². The molecule has 0 aliphatic heterocycles. The van der Waals surface area contributed by atoms with Gasteiger partial charge in [0.25, 0.3) is 0 Å². The van der Waals surface area contributed by atoms with E-state index in [2.05, 4.69) is 21.2 Å². The normalized spacial score (nSPS) is 10.5. The molecule has 24 heavy (non-hydrogen) atoms. The third kappa shape index (κ3) is 3.88. The van der Waals surface area contributed by atoms with Gasteiger partial charge >= 0.3 is 11.9 Å². The number of nitrogens with one attached hydrogen (secondary N) is 1. The summed E-state index contributed by atoms with van der Waals surface area (Å²) in [4.78, 5) is 35.3. The molecule has 0 saturated heterocycles. The number of rotatable bonds is 5. The van der Waals surface area contributed by atoms with Crippen LogP contribution >= 0.6 is 38.9 Å². The Hall–Kier alpha value is -1.64. The molecular weight excluding hydrogens is 422 g/mol. The van der Waals surface area contributed by atoms with E-state index in [1.807, 2.05) is 0 Å². The van der Waals surface area contributed by atoms with E-state index >= 15 is 0 Å². The number of carbonyl (C=O) groups excluding carboxylic acids is 3. The van der Waals surface area contributed by atoms with E-state index in [0.717, 1.165) is 11.3 Å². The molecule has 6 nitrogen and oxygen atoms in total. The number of esters is 2. The second-order valence-electron chi connectivity index (χ2n) is 4.57. The highest BCUT2D eigenvalue weighted by atomic mass is 79.9. The van der Waals surface area contributed by atoms with Crippen molar-refractivity contribution in [1.82, 2.24) is 0 Å². The lowest BCUT2D eigenvalue weighted by Crippen LogP contribution is -2.11. The molecule has 0 radical (unpaired) electrons. The van der Waals surface area contributed by atoms with E-state index < -0.39 is 11.9 Å². The minimum absolute atomic E-state index is 0.195. The zero-order valence-corrected chi connectivity index (χ0v) is 15.9. The molecule has 0 aliphatic rings. The van der Waals surface area contributed by atoms with E-state index in [1.165, 1.54) is 6.92 Å². The summed E-state index contributed by atoms with van der Waals surface area (Å²) in [6, 6.07) is 3.33. The van der Waals surface area contributed by atoms with Crippen LogP contribution in [0.2, 0.25) is 0 Å². The van der Waals surface area contributed by atoms with Crippen LogP contribution in [0.25, 0.3) is 10.1 Å². The number of hydrogen-bond acceptors (Lipinski definition) is 6. The SMILES string of the molecule is CCOC(=O)c1c(NC(C)=O)sc2c(OC(=O)CCl)c(Br)ccc12. The van der Waals surface area contributed by atoms with Gasteiger partial charge in [-0.25, -0.2) is 4.79 Å². The Bertz CT molecular complexity index is 820. The van der Waals surface area contributed by atoms with Gasteiger partial charge in [0.15, 0.2) is 5.75 Å². The molecule has 0 fully saturated rings. The van der Waals surface area contributed by atoms with Crippen LogP contribution in [0.5, 0.6) is 5.75 Å². The fourth-order valence-electron chi connectivity index (χ4n) is 2.00. The van der Waals surface area contributed by atoms with Crippen molar-refractivity contribution >= 4 is 71.8 Å². The van der Waals surface area contributed by atoms with Crippen molar-refractivity contribution in [1.29, 1.82) is 0 Å². The molecular formula is C15H13BrClNO5S. The third-order valence-electron chi connectivity index (χ3n) is 2.86. The summed E-state index contributed by atoms with van der Waals surface area (Å²) in [6.45, 7) is 3.22. The molecule has 1 aromatic carbocycles. The number of halogens is 2. The first kappa shape index (κ1) is 18.7. The molecule has 1 aromatic heterocycles. The molecule has 0 spiro atoms. The number of benzene rings is 1. The number of anilines is 1. The highest BCUT2D eigenvalue weighted by molar-refractivity contribution is 9.10. The fraction of sp³-hybridized carbons (Fsp3) is 0.267. The number of alkyl halides is 1. The standard InChI is InChI=1S/C15H13BrClNO5S/c1-3-22-15(21)11-8-4-5-9(16)12(23-10(20)6-17)13(8)24-14(11)18-7(2)19/h4-5H,3,6H2,1-2H3,(H,18,19). The average Bonchev–Trinajstić information content (AvgIpc) is 2.87. The van der Waals surface area contributed by atoms with E-state index in [4.69, 9.17) is 21.1 Å². The second kappa shape index (κ2) is 7.96. The van der Waals surface area contributed by atoms with Gasteiger partial charge in [0.1, 0.15) is 16.4 Å². The Morgan fingerprint density at radius 1 is 1.33 bits per heavy atom. The van der Waals surface area contributed by atoms with Crippen molar-refractivity contribution in [2.24, 2.45) is 0 Å². The van der Waals surface area contributed by atoms with Crippen LogP contribution in [-0.4, -0.2) is 30.3 Å². The number of ether oxygens (including phenoxy) is 2. The quantitative estimate of drug-likeness (QED) is 0.438. The number of thiophene rings is 1. The van der Waals surface area contributed by atoms with Gasteiger partial charge < -0.3 is 14.8 Å². The first-order valence-corrected chi connectivity index (χ1v) is 8.99. The monoisotopic (exact) mass is 433 g/mol. The van der Waals surface area contributed by atoms with Gasteiger partial charge in [0.05, 0.1) is 15.8 Å². The van der Waals surface area contributed by atoms with Crippen molar-refractivity contribution in [2.75, 3.05) is 17.8 Å². The molecule has 0 unspecified atom stereocenters. The summed E-state index contributed by atoms with van der Waals surface area (Å²) in [5, 5.41) is 3.46. The van der Waals surface area contributed by atoms with E-state index in [-0.39, 0.29) is 29.7 Å². The summed E-state index contributed by atoms with van der Waals surface area (Å²) in [5.41, 5.74) is 0.225. The molecule has 0 aliphatic carbocycles. The summed E-state index contributed by atoms with van der Waals surface area (Å²) in [7, 11) is 0. The Balaban J connectivity index is 2.69. The maximum Gasteiger partial charge on any atom is 0.341 e. The minimum Gasteiger partial charge on any atom is -0.462 e. The molecule has 0 atom stereocenters. The molecule has 1 heterocycles. The zero-order chi connectivity index (χ0) is 17.9. The highest BCUT2D eigenvalue weighted by Crippen LogP contribution is 2.44. The van der Waals surface area contributed by atoms with Gasteiger partial charge in [-0.2, -0.15) is 0 Å². The van der Waals surface area contributed by atoms with Crippen LogP contribution in [0.3, 0.4) is 0 Å². The largest absolute Gasteiger partial charge is 0.462 e. The Morgan fingerprint density at radius 3 is 2.62 bits per heavy atom. The Labute approximate surface area is 155 Å². The van der Waals surface area contributed by atoms with Crippen LogP contribution < -0.4 is 10.1 Å². The van der Waals surface area contributed by atoms with Crippen LogP contribution in [0.15, 0.2) is 16.6 Å². The van der Waals surface area contributed by atoms with Crippen LogP contribution in [0.1, 0.15) is 24.2 Å². The van der Waals surface area contributed by atoms with E-state index in [1.54, 1.807) is 19.1 Å². The molecule has 0 saturated carbocycles. The smallest absolute Gasteiger partial charge is 0.341 e. The van der Waals surface area contributed by atoms with Gasteiger partial charge in [-0.3, -0.25) is 9.59 Å². The fourth-order valence-corrected chi connectivity index (χ4v) is 3.82. The maximum atomic E-state index is 12.3. The highest BCUT2D eigenvalue weighted by Gasteiger charge is 2.24. The average molecular weight is 435 g/mol. The predicted octanol–water partition coefficient (Wildman–Crippen LogP) is 3.94. The lowest BCUT2D eigenvalue weighted by Gasteiger charge is -2.07. The zero-order valence-electron chi connectivity index (χ0n) is 12.8. The Kier molecular flexibility index (Phi) is 6.20. The van der Waals surface area contributed by atoms with Gasteiger partial charge in [-0.05, 0) is 28.9 Å². The van der Waals surface area contributed by atoms with Crippen molar-refractivity contribution in [3.05, 3.63) is 22.2 Å². The van der Waals surface area contributed by atoms with Crippen molar-refractivity contribution in [2.45, 2.75) is 13.8 Å². The second-order valence-corrected chi connectivity index (χ2v) is 6.71. The Morgan fingerprint density at radius 2 is 2.04 bits per heavy atom. The number of hydrogen-bond donors (Lipinski definition) is 1.